The second-order valence-electron chi connectivity index (χ2n) is 14.2. The van der Waals surface area contributed by atoms with Gasteiger partial charge in [0, 0.05) is 18.2 Å². The molecule has 1 aromatic carbocycles. The number of hydrogen-bond acceptors (Lipinski definition) is 8. The fraction of sp³-hybridized carbons (Fsp3) is 0.611. The van der Waals surface area contributed by atoms with Crippen molar-refractivity contribution >= 4 is 38.9 Å². The third kappa shape index (κ3) is 11.8. The number of benzene rings is 1. The van der Waals surface area contributed by atoms with Gasteiger partial charge in [-0.15, -0.1) is 11.3 Å². The smallest absolute Gasteiger partial charge is 0.263 e. The van der Waals surface area contributed by atoms with Crippen molar-refractivity contribution in [3.8, 4) is 0 Å². The molecule has 2 aliphatic rings. The quantitative estimate of drug-likeness (QED) is 0.207. The van der Waals surface area contributed by atoms with E-state index in [1.165, 1.54) is 49.3 Å². The van der Waals surface area contributed by atoms with Crippen LogP contribution in [-0.4, -0.2) is 55.5 Å². The minimum Gasteiger partial charge on any atom is -0.348 e. The van der Waals surface area contributed by atoms with Gasteiger partial charge in [0.05, 0.1) is 17.2 Å². The molecule has 0 spiro atoms. The van der Waals surface area contributed by atoms with Gasteiger partial charge in [0.2, 0.25) is 11.8 Å². The molecule has 264 valence electrons. The minimum absolute atomic E-state index is 0.106. The van der Waals surface area contributed by atoms with Gasteiger partial charge in [0.25, 0.3) is 5.91 Å². The van der Waals surface area contributed by atoms with Gasteiger partial charge < -0.3 is 21.7 Å². The van der Waals surface area contributed by atoms with Gasteiger partial charge >= 0.3 is 0 Å². The molecule has 3 unspecified atom stereocenters. The van der Waals surface area contributed by atoms with Crippen LogP contribution in [0.5, 0.6) is 0 Å². The predicted molar refractivity (Wildman–Crippen MR) is 191 cm³/mol. The zero-order valence-electron chi connectivity index (χ0n) is 28.7. The van der Waals surface area contributed by atoms with E-state index < -0.39 is 33.9 Å². The molecule has 2 aromatic rings. The van der Waals surface area contributed by atoms with Crippen molar-refractivity contribution < 1.29 is 22.8 Å². The monoisotopic (exact) mass is 699 g/mol. The summed E-state index contributed by atoms with van der Waals surface area (Å²) in [5, 5.41) is 10.8. The lowest BCUT2D eigenvalue weighted by molar-refractivity contribution is -0.131. The number of sulfone groups is 1. The summed E-state index contributed by atoms with van der Waals surface area (Å²) < 4.78 is 24.1. The van der Waals surface area contributed by atoms with Crippen LogP contribution < -0.4 is 21.7 Å². The molecule has 10 nitrogen and oxygen atoms in total. The number of hydrogen-bond donors (Lipinski definition) is 4. The highest BCUT2D eigenvalue weighted by Gasteiger charge is 2.36. The first-order valence-corrected chi connectivity index (χ1v) is 20.1. The summed E-state index contributed by atoms with van der Waals surface area (Å²) in [6, 6.07) is 5.33. The number of nitrogens with zero attached hydrogens (tertiary/aromatic N) is 1. The van der Waals surface area contributed by atoms with Gasteiger partial charge in [-0.3, -0.25) is 14.4 Å². The van der Waals surface area contributed by atoms with Crippen LogP contribution in [0, 0.1) is 30.6 Å². The Morgan fingerprint density at radius 3 is 2.25 bits per heavy atom. The SMILES string of the molecule is Cc1ncc(C(=O)N[C@@H](CC(C)C)C(=O)N[C@@H](CC2CCC3CCCCC3C2)C(=O)N[C@H](/C=C/S(C)(=O)=O)Cc2ccc(CN)cc2)s1. The van der Waals surface area contributed by atoms with E-state index in [1.807, 2.05) is 45.0 Å². The normalized spacial score (nSPS) is 21.7. The molecule has 12 heteroatoms. The van der Waals surface area contributed by atoms with Crippen molar-refractivity contribution in [2.24, 2.45) is 29.4 Å². The number of amides is 3. The molecule has 2 saturated carbocycles. The topological polar surface area (TPSA) is 160 Å². The van der Waals surface area contributed by atoms with E-state index in [9.17, 15) is 22.8 Å². The van der Waals surface area contributed by atoms with E-state index in [4.69, 9.17) is 5.73 Å². The van der Waals surface area contributed by atoms with Crippen molar-refractivity contribution in [3.05, 3.63) is 63.0 Å². The van der Waals surface area contributed by atoms with Crippen LogP contribution in [0.25, 0.3) is 0 Å². The standard InChI is InChI=1S/C36H53N5O5S2/c1-23(2)17-31(41-36(44)33-22-38-24(3)47-33)35(43)40-32(20-27-13-14-28-7-5-6-8-29(28)18-27)34(42)39-30(15-16-48(4,45)46)19-25-9-11-26(21-37)12-10-25/h9-12,15-16,22-23,27-32H,5-8,13-14,17-21,37H2,1-4H3,(H,39,42)(H,40,43)(H,41,44)/b16-15+/t27?,28?,29?,30-,31+,32+/m1/s1. The molecule has 6 atom stereocenters. The molecule has 4 rings (SSSR count). The second-order valence-corrected chi connectivity index (χ2v) is 17.3. The van der Waals surface area contributed by atoms with E-state index in [2.05, 4.69) is 20.9 Å². The third-order valence-electron chi connectivity index (χ3n) is 9.62. The summed E-state index contributed by atoms with van der Waals surface area (Å²) >= 11 is 1.26. The lowest BCUT2D eigenvalue weighted by Gasteiger charge is -2.40. The molecule has 48 heavy (non-hydrogen) atoms. The van der Waals surface area contributed by atoms with E-state index in [0.717, 1.165) is 53.0 Å². The molecule has 0 aliphatic heterocycles. The molecular formula is C36H53N5O5S2. The summed E-state index contributed by atoms with van der Waals surface area (Å²) in [6.07, 6.45) is 13.5. The molecule has 5 N–H and O–H groups in total. The Morgan fingerprint density at radius 2 is 1.62 bits per heavy atom. The van der Waals surface area contributed by atoms with E-state index in [-0.39, 0.29) is 23.7 Å². The minimum atomic E-state index is -3.45. The molecule has 3 amide bonds. The molecule has 1 heterocycles. The molecule has 2 aliphatic carbocycles. The Morgan fingerprint density at radius 1 is 0.958 bits per heavy atom. The maximum atomic E-state index is 14.1. The Bertz CT molecular complexity index is 1520. The maximum absolute atomic E-state index is 14.1. The fourth-order valence-electron chi connectivity index (χ4n) is 7.17. The van der Waals surface area contributed by atoms with Gasteiger partial charge in [0.15, 0.2) is 9.84 Å². The van der Waals surface area contributed by atoms with Crippen molar-refractivity contribution in [1.29, 1.82) is 0 Å². The van der Waals surface area contributed by atoms with Crippen molar-refractivity contribution in [2.75, 3.05) is 6.26 Å². The number of carbonyl (C=O) groups is 3. The Labute approximate surface area is 290 Å². The first-order valence-electron chi connectivity index (χ1n) is 17.3. The second kappa shape index (κ2) is 17.5. The van der Waals surface area contributed by atoms with Gasteiger partial charge in [-0.05, 0) is 73.8 Å². The van der Waals surface area contributed by atoms with Crippen LogP contribution >= 0.6 is 11.3 Å². The van der Waals surface area contributed by atoms with Gasteiger partial charge in [0.1, 0.15) is 17.0 Å². The van der Waals surface area contributed by atoms with E-state index in [0.29, 0.717) is 36.6 Å². The summed E-state index contributed by atoms with van der Waals surface area (Å²) in [7, 11) is -3.45. The van der Waals surface area contributed by atoms with Crippen molar-refractivity contribution in [1.82, 2.24) is 20.9 Å². The Balaban J connectivity index is 1.56. The number of fused-ring (bicyclic) bond motifs is 1. The van der Waals surface area contributed by atoms with E-state index >= 15 is 0 Å². The van der Waals surface area contributed by atoms with Crippen LogP contribution in [0.2, 0.25) is 0 Å². The van der Waals surface area contributed by atoms with Crippen LogP contribution in [0.4, 0.5) is 0 Å². The first-order chi connectivity index (χ1) is 22.8. The lowest BCUT2D eigenvalue weighted by atomic mass is 9.66. The van der Waals surface area contributed by atoms with Crippen LogP contribution in [-0.2, 0) is 32.4 Å². The number of carbonyl (C=O) groups excluding carboxylic acids is 3. The van der Waals surface area contributed by atoms with Crippen molar-refractivity contribution in [2.45, 2.75) is 110 Å². The lowest BCUT2D eigenvalue weighted by Crippen LogP contribution is -2.55. The third-order valence-corrected chi connectivity index (χ3v) is 11.2. The molecule has 0 saturated heterocycles. The van der Waals surface area contributed by atoms with Crippen LogP contribution in [0.1, 0.15) is 97.4 Å². The number of aryl methyl sites for hydroxylation is 1. The Kier molecular flexibility index (Phi) is 13.8. The van der Waals surface area contributed by atoms with Crippen LogP contribution in [0.3, 0.4) is 0 Å². The highest BCUT2D eigenvalue weighted by Crippen LogP contribution is 2.43. The van der Waals surface area contributed by atoms with Gasteiger partial charge in [-0.25, -0.2) is 13.4 Å². The molecular weight excluding hydrogens is 647 g/mol. The zero-order chi connectivity index (χ0) is 34.8. The first kappa shape index (κ1) is 37.7. The average Bonchev–Trinajstić information content (AvgIpc) is 3.49. The molecule has 0 radical (unpaired) electrons. The van der Waals surface area contributed by atoms with E-state index in [1.54, 1.807) is 0 Å². The predicted octanol–water partition coefficient (Wildman–Crippen LogP) is 4.82. The number of rotatable bonds is 15. The molecule has 2 fully saturated rings. The van der Waals surface area contributed by atoms with Crippen molar-refractivity contribution in [3.63, 3.8) is 0 Å². The highest BCUT2D eigenvalue weighted by molar-refractivity contribution is 7.93. The number of nitrogens with two attached hydrogens (primary N) is 1. The summed E-state index contributed by atoms with van der Waals surface area (Å²) in [5.74, 6) is 0.615. The largest absolute Gasteiger partial charge is 0.348 e. The maximum Gasteiger partial charge on any atom is 0.263 e. The summed E-state index contributed by atoms with van der Waals surface area (Å²) in [5.41, 5.74) is 7.63. The van der Waals surface area contributed by atoms with Crippen LogP contribution in [0.15, 0.2) is 41.9 Å². The molecule has 0 bridgehead atoms. The average molecular weight is 700 g/mol. The fourth-order valence-corrected chi connectivity index (χ4v) is 8.33. The zero-order valence-corrected chi connectivity index (χ0v) is 30.4. The summed E-state index contributed by atoms with van der Waals surface area (Å²) in [4.78, 5) is 45.7. The summed E-state index contributed by atoms with van der Waals surface area (Å²) in [6.45, 7) is 6.18. The Hall–Kier alpha value is -3.09. The highest BCUT2D eigenvalue weighted by atomic mass is 32.2. The number of nitrogens with one attached hydrogen (secondary N) is 3. The molecule has 1 aromatic heterocycles. The number of aromatic nitrogens is 1. The number of thiazole rings is 1. The van der Waals surface area contributed by atoms with Gasteiger partial charge in [-0.2, -0.15) is 0 Å². The van der Waals surface area contributed by atoms with Gasteiger partial charge in [-0.1, -0.05) is 76.3 Å².